The molecule has 100 valence electrons. The summed E-state index contributed by atoms with van der Waals surface area (Å²) in [7, 11) is 2.16. The second-order valence-corrected chi connectivity index (χ2v) is 6.16. The lowest BCUT2D eigenvalue weighted by molar-refractivity contribution is 0.740. The van der Waals surface area contributed by atoms with Gasteiger partial charge in [0.15, 0.2) is 0 Å². The first-order valence-corrected chi connectivity index (χ1v) is 7.42. The van der Waals surface area contributed by atoms with Gasteiger partial charge in [0.25, 0.3) is 0 Å². The Labute approximate surface area is 118 Å². The fourth-order valence-electron chi connectivity index (χ4n) is 2.54. The van der Waals surface area contributed by atoms with E-state index in [1.165, 1.54) is 21.1 Å². The Hall–Kier alpha value is -1.52. The molecule has 0 bridgehead atoms. The first-order valence-electron chi connectivity index (χ1n) is 6.60. The zero-order valence-corrected chi connectivity index (χ0v) is 12.0. The minimum atomic E-state index is 0.643. The average molecular weight is 273 g/mol. The number of hydrogen-bond acceptors (Lipinski definition) is 4. The molecule has 0 amide bonds. The molecule has 0 saturated heterocycles. The van der Waals surface area contributed by atoms with E-state index in [1.807, 2.05) is 11.3 Å². The van der Waals surface area contributed by atoms with Crippen LogP contribution in [0.2, 0.25) is 0 Å². The van der Waals surface area contributed by atoms with E-state index in [-0.39, 0.29) is 0 Å². The Bertz CT molecular complexity index is 564. The van der Waals surface area contributed by atoms with Crippen molar-refractivity contribution in [3.05, 3.63) is 46.2 Å². The zero-order chi connectivity index (χ0) is 13.2. The van der Waals surface area contributed by atoms with Crippen molar-refractivity contribution in [1.82, 2.24) is 0 Å². The van der Waals surface area contributed by atoms with Gasteiger partial charge in [-0.3, -0.25) is 0 Å². The Kier molecular flexibility index (Phi) is 3.44. The summed E-state index contributed by atoms with van der Waals surface area (Å²) in [6, 6.07) is 13.0. The number of rotatable bonds is 3. The molecule has 0 spiro atoms. The van der Waals surface area contributed by atoms with Gasteiger partial charge >= 0.3 is 0 Å². The molecule has 0 aliphatic carbocycles. The van der Waals surface area contributed by atoms with Gasteiger partial charge in [0, 0.05) is 36.4 Å². The normalized spacial score (nSPS) is 14.6. The molecule has 3 nitrogen and oxygen atoms in total. The third-order valence-corrected chi connectivity index (χ3v) is 4.70. The third kappa shape index (κ3) is 2.46. The van der Waals surface area contributed by atoms with E-state index in [2.05, 4.69) is 53.2 Å². The van der Waals surface area contributed by atoms with Crippen LogP contribution in [0.25, 0.3) is 0 Å². The summed E-state index contributed by atoms with van der Waals surface area (Å²) in [5.41, 5.74) is 8.34. The Balaban J connectivity index is 1.84. The SMILES string of the molecule is CN1CCN(Cc2ccc(CN)s2)c2ccccc21. The van der Waals surface area contributed by atoms with Gasteiger partial charge in [-0.2, -0.15) is 0 Å². The lowest BCUT2D eigenvalue weighted by Crippen LogP contribution is -2.38. The molecule has 4 heteroatoms. The molecule has 3 rings (SSSR count). The molecule has 1 aromatic carbocycles. The van der Waals surface area contributed by atoms with Crippen molar-refractivity contribution in [3.63, 3.8) is 0 Å². The number of thiophene rings is 1. The highest BCUT2D eigenvalue weighted by atomic mass is 32.1. The highest BCUT2D eigenvalue weighted by molar-refractivity contribution is 7.12. The van der Waals surface area contributed by atoms with Crippen molar-refractivity contribution in [3.8, 4) is 0 Å². The largest absolute Gasteiger partial charge is 0.371 e. The van der Waals surface area contributed by atoms with Gasteiger partial charge < -0.3 is 15.5 Å². The third-order valence-electron chi connectivity index (χ3n) is 3.60. The number of para-hydroxylation sites is 2. The van der Waals surface area contributed by atoms with Crippen molar-refractivity contribution in [2.75, 3.05) is 29.9 Å². The predicted octanol–water partition coefficient (Wildman–Crippen LogP) is 2.66. The van der Waals surface area contributed by atoms with Crippen LogP contribution < -0.4 is 15.5 Å². The number of likely N-dealkylation sites (N-methyl/N-ethyl adjacent to an activating group) is 1. The molecule has 0 unspecified atom stereocenters. The van der Waals surface area contributed by atoms with Crippen molar-refractivity contribution in [1.29, 1.82) is 0 Å². The van der Waals surface area contributed by atoms with Crippen LogP contribution in [-0.2, 0) is 13.1 Å². The fourth-order valence-corrected chi connectivity index (χ4v) is 3.45. The summed E-state index contributed by atoms with van der Waals surface area (Å²) in [4.78, 5) is 7.43. The topological polar surface area (TPSA) is 32.5 Å². The van der Waals surface area contributed by atoms with Crippen LogP contribution in [0.5, 0.6) is 0 Å². The number of nitrogens with two attached hydrogens (primary N) is 1. The smallest absolute Gasteiger partial charge is 0.0607 e. The van der Waals surface area contributed by atoms with E-state index in [4.69, 9.17) is 5.73 Å². The van der Waals surface area contributed by atoms with Crippen molar-refractivity contribution in [2.24, 2.45) is 5.73 Å². The zero-order valence-electron chi connectivity index (χ0n) is 11.2. The summed E-state index contributed by atoms with van der Waals surface area (Å²) in [5, 5.41) is 0. The molecule has 2 heterocycles. The molecule has 19 heavy (non-hydrogen) atoms. The number of hydrogen-bond donors (Lipinski definition) is 1. The molecule has 1 aliphatic heterocycles. The number of anilines is 2. The average Bonchev–Trinajstić information content (AvgIpc) is 2.90. The lowest BCUT2D eigenvalue weighted by Gasteiger charge is -2.36. The summed E-state index contributed by atoms with van der Waals surface area (Å²) in [6.07, 6.45) is 0. The highest BCUT2D eigenvalue weighted by Crippen LogP contribution is 2.33. The molecule has 1 aromatic heterocycles. The molecule has 2 N–H and O–H groups in total. The summed E-state index contributed by atoms with van der Waals surface area (Å²) < 4.78 is 0. The standard InChI is InChI=1S/C15H19N3S/c1-17-8-9-18(15-5-3-2-4-14(15)17)11-13-7-6-12(10-16)19-13/h2-7H,8-11,16H2,1H3. The molecule has 1 aliphatic rings. The van der Waals surface area contributed by atoms with Crippen LogP contribution in [0.1, 0.15) is 9.75 Å². The quantitative estimate of drug-likeness (QED) is 0.933. The molecular formula is C15H19N3S. The van der Waals surface area contributed by atoms with Crippen molar-refractivity contribution in [2.45, 2.75) is 13.1 Å². The number of benzene rings is 1. The fraction of sp³-hybridized carbons (Fsp3) is 0.333. The second kappa shape index (κ2) is 5.23. The monoisotopic (exact) mass is 273 g/mol. The predicted molar refractivity (Wildman–Crippen MR) is 83.0 cm³/mol. The van der Waals surface area contributed by atoms with Crippen LogP contribution in [0.15, 0.2) is 36.4 Å². The van der Waals surface area contributed by atoms with Gasteiger partial charge in [-0.05, 0) is 24.3 Å². The van der Waals surface area contributed by atoms with Gasteiger partial charge in [0.2, 0.25) is 0 Å². The van der Waals surface area contributed by atoms with E-state index in [9.17, 15) is 0 Å². The van der Waals surface area contributed by atoms with E-state index in [1.54, 1.807) is 0 Å². The molecule has 0 atom stereocenters. The minimum Gasteiger partial charge on any atom is -0.371 e. The molecule has 0 saturated carbocycles. The van der Waals surface area contributed by atoms with Gasteiger partial charge in [-0.15, -0.1) is 11.3 Å². The Morgan fingerprint density at radius 1 is 1.05 bits per heavy atom. The van der Waals surface area contributed by atoms with E-state index in [0.29, 0.717) is 6.54 Å². The molecule has 0 radical (unpaired) electrons. The van der Waals surface area contributed by atoms with Gasteiger partial charge in [0.05, 0.1) is 17.9 Å². The minimum absolute atomic E-state index is 0.643. The molecule has 0 fully saturated rings. The van der Waals surface area contributed by atoms with E-state index < -0.39 is 0 Å². The van der Waals surface area contributed by atoms with Gasteiger partial charge in [-0.25, -0.2) is 0 Å². The Morgan fingerprint density at radius 3 is 2.53 bits per heavy atom. The number of nitrogens with zero attached hydrogens (tertiary/aromatic N) is 2. The first-order chi connectivity index (χ1) is 9.28. The maximum atomic E-state index is 5.68. The maximum absolute atomic E-state index is 5.68. The van der Waals surface area contributed by atoms with E-state index >= 15 is 0 Å². The van der Waals surface area contributed by atoms with E-state index in [0.717, 1.165) is 19.6 Å². The Morgan fingerprint density at radius 2 is 1.79 bits per heavy atom. The highest BCUT2D eigenvalue weighted by Gasteiger charge is 2.19. The molecular weight excluding hydrogens is 254 g/mol. The molecule has 2 aromatic rings. The van der Waals surface area contributed by atoms with Crippen molar-refractivity contribution < 1.29 is 0 Å². The van der Waals surface area contributed by atoms with Crippen molar-refractivity contribution >= 4 is 22.7 Å². The van der Waals surface area contributed by atoms with Crippen LogP contribution in [0, 0.1) is 0 Å². The lowest BCUT2D eigenvalue weighted by atomic mass is 10.1. The van der Waals surface area contributed by atoms with Crippen LogP contribution in [-0.4, -0.2) is 20.1 Å². The van der Waals surface area contributed by atoms with Crippen LogP contribution in [0.3, 0.4) is 0 Å². The summed E-state index contributed by atoms with van der Waals surface area (Å²) in [5.74, 6) is 0. The second-order valence-electron chi connectivity index (χ2n) is 4.90. The summed E-state index contributed by atoms with van der Waals surface area (Å²) in [6.45, 7) is 3.77. The number of fused-ring (bicyclic) bond motifs is 1. The maximum Gasteiger partial charge on any atom is 0.0607 e. The van der Waals surface area contributed by atoms with Gasteiger partial charge in [0.1, 0.15) is 0 Å². The first kappa shape index (κ1) is 12.5. The van der Waals surface area contributed by atoms with Crippen LogP contribution in [0.4, 0.5) is 11.4 Å². The van der Waals surface area contributed by atoms with Crippen LogP contribution >= 0.6 is 11.3 Å². The summed E-state index contributed by atoms with van der Waals surface area (Å²) >= 11 is 1.82. The van der Waals surface area contributed by atoms with Gasteiger partial charge in [-0.1, -0.05) is 12.1 Å².